The maximum absolute atomic E-state index is 15.0. The van der Waals surface area contributed by atoms with Crippen LogP contribution in [0.3, 0.4) is 0 Å². The van der Waals surface area contributed by atoms with Crippen LogP contribution in [0.1, 0.15) is 36.4 Å². The van der Waals surface area contributed by atoms with E-state index < -0.39 is 11.6 Å². The Labute approximate surface area is 144 Å². The fraction of sp³-hybridized carbons (Fsp3) is 0.500. The highest BCUT2D eigenvalue weighted by Gasteiger charge is 2.32. The standard InChI is InChI=1S/C18H22F2N4O/c1-9-17-14(10(7-21)6-13(25)24(17)12-2-3-12)15(19)16(20)18(9)23-5-4-11(22)8-23/h6,11-12H,2-5,7-8,21-22H2,1H3. The molecule has 2 fully saturated rings. The number of nitrogens with zero attached hydrogens (tertiary/aromatic N) is 2. The molecule has 1 aliphatic carbocycles. The van der Waals surface area contributed by atoms with Crippen LogP contribution in [-0.2, 0) is 6.54 Å². The molecular formula is C18H22F2N4O. The number of nitrogens with two attached hydrogens (primary N) is 2. The molecule has 4 rings (SSSR count). The van der Waals surface area contributed by atoms with E-state index >= 15 is 4.39 Å². The van der Waals surface area contributed by atoms with Gasteiger partial charge in [0.15, 0.2) is 11.6 Å². The summed E-state index contributed by atoms with van der Waals surface area (Å²) in [6, 6.07) is 1.34. The third kappa shape index (κ3) is 2.45. The highest BCUT2D eigenvalue weighted by Crippen LogP contribution is 2.41. The molecule has 1 saturated heterocycles. The Morgan fingerprint density at radius 2 is 1.96 bits per heavy atom. The van der Waals surface area contributed by atoms with Gasteiger partial charge in [-0.25, -0.2) is 8.78 Å². The molecule has 7 heteroatoms. The third-order valence-corrected chi connectivity index (χ3v) is 5.34. The number of hydrogen-bond acceptors (Lipinski definition) is 4. The maximum Gasteiger partial charge on any atom is 0.251 e. The number of anilines is 1. The number of halogens is 2. The van der Waals surface area contributed by atoms with Gasteiger partial charge in [0.25, 0.3) is 5.56 Å². The largest absolute Gasteiger partial charge is 0.367 e. The number of aromatic nitrogens is 1. The van der Waals surface area contributed by atoms with Crippen molar-refractivity contribution in [3.63, 3.8) is 0 Å². The first kappa shape index (κ1) is 16.5. The first-order valence-corrected chi connectivity index (χ1v) is 8.70. The van der Waals surface area contributed by atoms with Gasteiger partial charge in [0.1, 0.15) is 0 Å². The van der Waals surface area contributed by atoms with Crippen molar-refractivity contribution in [1.82, 2.24) is 4.57 Å². The van der Waals surface area contributed by atoms with Crippen LogP contribution in [-0.4, -0.2) is 23.7 Å². The van der Waals surface area contributed by atoms with Crippen LogP contribution < -0.4 is 21.9 Å². The van der Waals surface area contributed by atoms with Crippen LogP contribution >= 0.6 is 0 Å². The maximum atomic E-state index is 15.0. The lowest BCUT2D eigenvalue weighted by Crippen LogP contribution is -2.29. The Bertz CT molecular complexity index is 920. The van der Waals surface area contributed by atoms with Crippen LogP contribution in [0.15, 0.2) is 10.9 Å². The van der Waals surface area contributed by atoms with Crippen LogP contribution in [0.25, 0.3) is 10.9 Å². The number of fused-ring (bicyclic) bond motifs is 1. The Morgan fingerprint density at radius 3 is 2.52 bits per heavy atom. The molecule has 4 N–H and O–H groups in total. The van der Waals surface area contributed by atoms with Crippen LogP contribution in [0.2, 0.25) is 0 Å². The number of aryl methyl sites for hydroxylation is 1. The predicted molar refractivity (Wildman–Crippen MR) is 93.8 cm³/mol. The fourth-order valence-electron chi connectivity index (χ4n) is 4.00. The summed E-state index contributed by atoms with van der Waals surface area (Å²) < 4.78 is 31.6. The van der Waals surface area contributed by atoms with E-state index in [1.807, 2.05) is 0 Å². The Hall–Kier alpha value is -1.99. The fourth-order valence-corrected chi connectivity index (χ4v) is 4.00. The van der Waals surface area contributed by atoms with Gasteiger partial charge in [-0.05, 0) is 31.7 Å². The van der Waals surface area contributed by atoms with E-state index in [2.05, 4.69) is 0 Å². The molecule has 1 aromatic carbocycles. The minimum atomic E-state index is -0.925. The van der Waals surface area contributed by atoms with Gasteiger partial charge in [-0.15, -0.1) is 0 Å². The summed E-state index contributed by atoms with van der Waals surface area (Å²) >= 11 is 0. The lowest BCUT2D eigenvalue weighted by atomic mass is 10.0. The van der Waals surface area contributed by atoms with Gasteiger partial charge < -0.3 is 20.9 Å². The molecule has 2 heterocycles. The van der Waals surface area contributed by atoms with E-state index in [0.717, 1.165) is 19.3 Å². The highest BCUT2D eigenvalue weighted by molar-refractivity contribution is 5.91. The molecular weight excluding hydrogens is 326 g/mol. The van der Waals surface area contributed by atoms with Crippen molar-refractivity contribution < 1.29 is 8.78 Å². The van der Waals surface area contributed by atoms with E-state index in [4.69, 9.17) is 11.5 Å². The molecule has 1 unspecified atom stereocenters. The summed E-state index contributed by atoms with van der Waals surface area (Å²) in [5, 5.41) is 0.135. The molecule has 25 heavy (non-hydrogen) atoms. The van der Waals surface area contributed by atoms with Crippen molar-refractivity contribution in [1.29, 1.82) is 0 Å². The van der Waals surface area contributed by atoms with Crippen molar-refractivity contribution in [2.45, 2.75) is 44.8 Å². The Kier molecular flexibility index (Phi) is 3.81. The lowest BCUT2D eigenvalue weighted by Gasteiger charge is -2.25. The Balaban J connectivity index is 2.09. The van der Waals surface area contributed by atoms with E-state index in [0.29, 0.717) is 29.7 Å². The normalized spacial score (nSPS) is 20.7. The molecule has 0 bridgehead atoms. The van der Waals surface area contributed by atoms with Crippen LogP contribution in [0.4, 0.5) is 14.5 Å². The molecule has 2 aromatic rings. The molecule has 134 valence electrons. The van der Waals surface area contributed by atoms with Gasteiger partial charge >= 0.3 is 0 Å². The molecule has 5 nitrogen and oxygen atoms in total. The second kappa shape index (κ2) is 5.78. The summed E-state index contributed by atoms with van der Waals surface area (Å²) in [6.07, 6.45) is 2.48. The van der Waals surface area contributed by atoms with E-state index in [1.165, 1.54) is 6.07 Å². The van der Waals surface area contributed by atoms with Crippen molar-refractivity contribution in [3.05, 3.63) is 39.2 Å². The summed E-state index contributed by atoms with van der Waals surface area (Å²) in [5.74, 6) is -1.80. The zero-order valence-electron chi connectivity index (χ0n) is 14.2. The zero-order valence-corrected chi connectivity index (χ0v) is 14.2. The zero-order chi connectivity index (χ0) is 17.9. The first-order valence-electron chi connectivity index (χ1n) is 8.70. The number of pyridine rings is 1. The van der Waals surface area contributed by atoms with Gasteiger partial charge in [-0.3, -0.25) is 4.79 Å². The van der Waals surface area contributed by atoms with Gasteiger partial charge in [-0.2, -0.15) is 0 Å². The van der Waals surface area contributed by atoms with Gasteiger partial charge in [-0.1, -0.05) is 0 Å². The molecule has 2 aliphatic rings. The topological polar surface area (TPSA) is 77.3 Å². The van der Waals surface area contributed by atoms with Gasteiger partial charge in [0, 0.05) is 48.7 Å². The lowest BCUT2D eigenvalue weighted by molar-refractivity contribution is 0.513. The summed E-state index contributed by atoms with van der Waals surface area (Å²) in [4.78, 5) is 14.4. The van der Waals surface area contributed by atoms with Gasteiger partial charge in [0.2, 0.25) is 0 Å². The van der Waals surface area contributed by atoms with Crippen LogP contribution in [0, 0.1) is 18.6 Å². The summed E-state index contributed by atoms with van der Waals surface area (Å²) in [6.45, 7) is 2.80. The number of hydrogen-bond donors (Lipinski definition) is 2. The third-order valence-electron chi connectivity index (χ3n) is 5.34. The minimum Gasteiger partial charge on any atom is -0.367 e. The summed E-state index contributed by atoms with van der Waals surface area (Å²) in [5.41, 5.74) is 13.1. The highest BCUT2D eigenvalue weighted by atomic mass is 19.2. The number of benzene rings is 1. The van der Waals surface area contributed by atoms with Crippen LogP contribution in [0.5, 0.6) is 0 Å². The molecule has 0 spiro atoms. The quantitative estimate of drug-likeness (QED) is 0.888. The smallest absolute Gasteiger partial charge is 0.251 e. The molecule has 1 atom stereocenters. The van der Waals surface area contributed by atoms with Crippen molar-refractivity contribution >= 4 is 16.6 Å². The minimum absolute atomic E-state index is 0.0129. The Morgan fingerprint density at radius 1 is 1.24 bits per heavy atom. The average molecular weight is 348 g/mol. The first-order chi connectivity index (χ1) is 11.9. The van der Waals surface area contributed by atoms with E-state index in [1.54, 1.807) is 16.4 Å². The average Bonchev–Trinajstić information content (AvgIpc) is 3.33. The summed E-state index contributed by atoms with van der Waals surface area (Å²) in [7, 11) is 0. The number of rotatable bonds is 3. The second-order valence-electron chi connectivity index (χ2n) is 7.13. The van der Waals surface area contributed by atoms with Crippen molar-refractivity contribution in [2.24, 2.45) is 11.5 Å². The molecule has 1 saturated carbocycles. The second-order valence-corrected chi connectivity index (χ2v) is 7.13. The van der Waals surface area contributed by atoms with E-state index in [9.17, 15) is 9.18 Å². The van der Waals surface area contributed by atoms with Gasteiger partial charge in [0.05, 0.1) is 11.2 Å². The predicted octanol–water partition coefficient (Wildman–Crippen LogP) is 1.92. The SMILES string of the molecule is Cc1c(N2CCC(N)C2)c(F)c(F)c2c(CN)cc(=O)n(C3CC3)c12. The molecule has 0 amide bonds. The molecule has 1 aromatic heterocycles. The van der Waals surface area contributed by atoms with Crippen molar-refractivity contribution in [3.8, 4) is 0 Å². The van der Waals surface area contributed by atoms with E-state index in [-0.39, 0.29) is 35.3 Å². The molecule has 1 aliphatic heterocycles. The van der Waals surface area contributed by atoms with Crippen molar-refractivity contribution in [2.75, 3.05) is 18.0 Å². The molecule has 0 radical (unpaired) electrons. The monoisotopic (exact) mass is 348 g/mol.